The Labute approximate surface area is 112 Å². The maximum Gasteiger partial charge on any atom is 0.339 e. The highest BCUT2D eigenvalue weighted by atomic mass is 16.5. The number of rotatable bonds is 5. The summed E-state index contributed by atoms with van der Waals surface area (Å²) in [7, 11) is 0. The topological polar surface area (TPSA) is 70.0 Å². The summed E-state index contributed by atoms with van der Waals surface area (Å²) in [6, 6.07) is 6.65. The highest BCUT2D eigenvalue weighted by Crippen LogP contribution is 2.18. The highest BCUT2D eigenvalue weighted by Gasteiger charge is 2.17. The summed E-state index contributed by atoms with van der Waals surface area (Å²) in [6.07, 6.45) is 1.42. The number of piperidine rings is 1. The highest BCUT2D eigenvalue weighted by molar-refractivity contribution is 5.90. The number of nitrogens with zero attached hydrogens (tertiary/aromatic N) is 1. The average Bonchev–Trinajstić information content (AvgIpc) is 2.41. The largest absolute Gasteiger partial charge is 0.491 e. The molecule has 0 bridgehead atoms. The number of para-hydroxylation sites is 1. The maximum atomic E-state index is 11.0. The molecule has 1 aromatic rings. The first-order valence-electron chi connectivity index (χ1n) is 6.52. The van der Waals surface area contributed by atoms with E-state index < -0.39 is 5.97 Å². The molecule has 5 heteroatoms. The van der Waals surface area contributed by atoms with Gasteiger partial charge in [-0.25, -0.2) is 4.79 Å². The van der Waals surface area contributed by atoms with E-state index in [-0.39, 0.29) is 11.7 Å². The molecule has 1 fully saturated rings. The SMILES string of the molecule is O=C(O)c1ccccc1OCCN1CCC(O)CC1. The number of benzene rings is 1. The standard InChI is InChI=1S/C14H19NO4/c16-11-5-7-15(8-6-11)9-10-19-13-4-2-1-3-12(13)14(17)18/h1-4,11,16H,5-10H2,(H,17,18). The molecule has 2 rings (SSSR count). The third kappa shape index (κ3) is 3.94. The molecular formula is C14H19NO4. The molecular weight excluding hydrogens is 246 g/mol. The second-order valence-corrected chi connectivity index (χ2v) is 4.72. The van der Waals surface area contributed by atoms with E-state index in [0.29, 0.717) is 12.4 Å². The number of likely N-dealkylation sites (tertiary alicyclic amines) is 1. The monoisotopic (exact) mass is 265 g/mol. The summed E-state index contributed by atoms with van der Waals surface area (Å²) in [4.78, 5) is 13.2. The first-order valence-corrected chi connectivity index (χ1v) is 6.52. The Bertz CT molecular complexity index is 427. The van der Waals surface area contributed by atoms with Gasteiger partial charge in [0.2, 0.25) is 0 Å². The van der Waals surface area contributed by atoms with Crippen LogP contribution in [0, 0.1) is 0 Å². The van der Waals surface area contributed by atoms with Crippen molar-refractivity contribution in [2.75, 3.05) is 26.2 Å². The van der Waals surface area contributed by atoms with Crippen molar-refractivity contribution in [2.45, 2.75) is 18.9 Å². The molecule has 2 N–H and O–H groups in total. The minimum atomic E-state index is -0.975. The Morgan fingerprint density at radius 3 is 2.68 bits per heavy atom. The number of ether oxygens (including phenoxy) is 1. The Balaban J connectivity index is 1.81. The van der Waals surface area contributed by atoms with Gasteiger partial charge in [0, 0.05) is 19.6 Å². The van der Waals surface area contributed by atoms with Crippen molar-refractivity contribution in [1.82, 2.24) is 4.90 Å². The summed E-state index contributed by atoms with van der Waals surface area (Å²) >= 11 is 0. The summed E-state index contributed by atoms with van der Waals surface area (Å²) in [5.74, 6) is -0.566. The van der Waals surface area contributed by atoms with Gasteiger partial charge in [0.15, 0.2) is 0 Å². The first-order chi connectivity index (χ1) is 9.16. The minimum Gasteiger partial charge on any atom is -0.491 e. The average molecular weight is 265 g/mol. The molecule has 0 aromatic heterocycles. The molecule has 0 spiro atoms. The van der Waals surface area contributed by atoms with Gasteiger partial charge in [0.25, 0.3) is 0 Å². The lowest BCUT2D eigenvalue weighted by atomic mass is 10.1. The van der Waals surface area contributed by atoms with Gasteiger partial charge in [0.1, 0.15) is 17.9 Å². The van der Waals surface area contributed by atoms with Gasteiger partial charge >= 0.3 is 5.97 Å². The van der Waals surface area contributed by atoms with Crippen molar-refractivity contribution in [3.8, 4) is 5.75 Å². The molecule has 0 saturated carbocycles. The molecule has 1 aliphatic heterocycles. The van der Waals surface area contributed by atoms with E-state index in [1.165, 1.54) is 6.07 Å². The number of hydrogen-bond acceptors (Lipinski definition) is 4. The predicted octanol–water partition coefficient (Wildman–Crippen LogP) is 1.22. The van der Waals surface area contributed by atoms with Crippen LogP contribution < -0.4 is 4.74 Å². The van der Waals surface area contributed by atoms with Crippen LogP contribution >= 0.6 is 0 Å². The number of carboxylic acid groups (broad SMARTS) is 1. The number of aromatic carboxylic acids is 1. The van der Waals surface area contributed by atoms with Gasteiger partial charge in [-0.15, -0.1) is 0 Å². The van der Waals surface area contributed by atoms with Crippen LogP contribution in [0.3, 0.4) is 0 Å². The van der Waals surface area contributed by atoms with Gasteiger partial charge in [0.05, 0.1) is 6.10 Å². The maximum absolute atomic E-state index is 11.0. The lowest BCUT2D eigenvalue weighted by molar-refractivity contribution is 0.0680. The van der Waals surface area contributed by atoms with Gasteiger partial charge < -0.3 is 14.9 Å². The summed E-state index contributed by atoms with van der Waals surface area (Å²) in [5.41, 5.74) is 0.191. The lowest BCUT2D eigenvalue weighted by Crippen LogP contribution is -2.38. The predicted molar refractivity (Wildman–Crippen MR) is 70.6 cm³/mol. The summed E-state index contributed by atoms with van der Waals surface area (Å²) in [6.45, 7) is 2.94. The van der Waals surface area contributed by atoms with Crippen molar-refractivity contribution in [3.63, 3.8) is 0 Å². The smallest absolute Gasteiger partial charge is 0.339 e. The molecule has 104 valence electrons. The zero-order valence-electron chi connectivity index (χ0n) is 10.8. The van der Waals surface area contributed by atoms with E-state index in [1.807, 2.05) is 0 Å². The molecule has 0 radical (unpaired) electrons. The van der Waals surface area contributed by atoms with E-state index in [4.69, 9.17) is 9.84 Å². The summed E-state index contributed by atoms with van der Waals surface area (Å²) < 4.78 is 5.54. The van der Waals surface area contributed by atoms with Crippen molar-refractivity contribution in [1.29, 1.82) is 0 Å². The van der Waals surface area contributed by atoms with E-state index in [9.17, 15) is 9.90 Å². The van der Waals surface area contributed by atoms with Crippen LogP contribution in [0.4, 0.5) is 0 Å². The molecule has 1 aromatic carbocycles. The van der Waals surface area contributed by atoms with Gasteiger partial charge in [-0.2, -0.15) is 0 Å². The fourth-order valence-corrected chi connectivity index (χ4v) is 2.20. The van der Waals surface area contributed by atoms with Crippen LogP contribution in [0.15, 0.2) is 24.3 Å². The Kier molecular flexibility index (Phi) is 4.76. The van der Waals surface area contributed by atoms with E-state index in [2.05, 4.69) is 4.90 Å². The normalized spacial score (nSPS) is 17.3. The van der Waals surface area contributed by atoms with Crippen LogP contribution in [0.25, 0.3) is 0 Å². The number of hydrogen-bond donors (Lipinski definition) is 2. The first kappa shape index (κ1) is 13.8. The van der Waals surface area contributed by atoms with Crippen molar-refractivity contribution >= 4 is 5.97 Å². The molecule has 1 aliphatic rings. The Morgan fingerprint density at radius 1 is 1.32 bits per heavy atom. The van der Waals surface area contributed by atoms with Crippen LogP contribution in [0.5, 0.6) is 5.75 Å². The number of aliphatic hydroxyl groups excluding tert-OH is 1. The molecule has 1 saturated heterocycles. The molecule has 5 nitrogen and oxygen atoms in total. The van der Waals surface area contributed by atoms with Crippen molar-refractivity contribution in [2.24, 2.45) is 0 Å². The summed E-state index contributed by atoms with van der Waals surface area (Å²) in [5, 5.41) is 18.4. The minimum absolute atomic E-state index is 0.176. The fourth-order valence-electron chi connectivity index (χ4n) is 2.20. The van der Waals surface area contributed by atoms with E-state index >= 15 is 0 Å². The number of carboxylic acids is 1. The third-order valence-corrected chi connectivity index (χ3v) is 3.34. The second kappa shape index (κ2) is 6.54. The zero-order valence-corrected chi connectivity index (χ0v) is 10.8. The Morgan fingerprint density at radius 2 is 2.00 bits per heavy atom. The van der Waals surface area contributed by atoms with Crippen molar-refractivity contribution in [3.05, 3.63) is 29.8 Å². The van der Waals surface area contributed by atoms with Crippen LogP contribution in [-0.2, 0) is 0 Å². The molecule has 0 atom stereocenters. The molecule has 1 heterocycles. The van der Waals surface area contributed by atoms with Crippen LogP contribution in [0.1, 0.15) is 23.2 Å². The third-order valence-electron chi connectivity index (χ3n) is 3.34. The van der Waals surface area contributed by atoms with Gasteiger partial charge in [-0.3, -0.25) is 4.90 Å². The number of aliphatic hydroxyl groups is 1. The van der Waals surface area contributed by atoms with Gasteiger partial charge in [-0.1, -0.05) is 12.1 Å². The zero-order chi connectivity index (χ0) is 13.7. The lowest BCUT2D eigenvalue weighted by Gasteiger charge is -2.29. The van der Waals surface area contributed by atoms with Crippen LogP contribution in [0.2, 0.25) is 0 Å². The molecule has 0 unspecified atom stereocenters. The van der Waals surface area contributed by atoms with Gasteiger partial charge in [-0.05, 0) is 25.0 Å². The van der Waals surface area contributed by atoms with Crippen molar-refractivity contribution < 1.29 is 19.7 Å². The molecule has 0 aliphatic carbocycles. The number of carbonyl (C=O) groups is 1. The fraction of sp³-hybridized carbons (Fsp3) is 0.500. The van der Waals surface area contributed by atoms with E-state index in [1.54, 1.807) is 18.2 Å². The molecule has 19 heavy (non-hydrogen) atoms. The van der Waals surface area contributed by atoms with Crippen LogP contribution in [-0.4, -0.2) is 53.4 Å². The Hall–Kier alpha value is -1.59. The molecule has 0 amide bonds. The second-order valence-electron chi connectivity index (χ2n) is 4.72. The quantitative estimate of drug-likeness (QED) is 0.837. The van der Waals surface area contributed by atoms with E-state index in [0.717, 1.165) is 32.5 Å².